The summed E-state index contributed by atoms with van der Waals surface area (Å²) < 4.78 is 0. The van der Waals surface area contributed by atoms with Crippen molar-refractivity contribution in [2.45, 2.75) is 315 Å². The topological polar surface area (TPSA) is 0 Å². The van der Waals surface area contributed by atoms with Gasteiger partial charge in [-0.15, -0.1) is 0 Å². The minimum atomic E-state index is -0.525. The van der Waals surface area contributed by atoms with E-state index in [1.807, 2.05) is 0 Å². The molecule has 0 aromatic carbocycles. The van der Waals surface area contributed by atoms with Gasteiger partial charge >= 0.3 is 0 Å². The Morgan fingerprint density at radius 2 is 0.291 bits per heavy atom. The molecule has 0 nitrogen and oxygen atoms in total. The average Bonchev–Trinajstić information content (AvgIpc) is 3.15. The molecule has 0 aliphatic heterocycles. The van der Waals surface area contributed by atoms with Crippen molar-refractivity contribution < 1.29 is 12.4 Å². The van der Waals surface area contributed by atoms with Crippen molar-refractivity contribution in [1.82, 2.24) is 0 Å². The number of unbranched alkanes of at least 4 members (excludes halogenated alkanes) is 47. The van der Waals surface area contributed by atoms with Gasteiger partial charge in [0.25, 0.3) is 0 Å². The molecule has 334 valence electrons. The maximum absolute atomic E-state index is 2.49. The Kier molecular flexibility index (Phi) is 53.5. The third-order valence-electron chi connectivity index (χ3n) is 12.7. The van der Waals surface area contributed by atoms with Crippen LogP contribution in [0, 0.1) is 0 Å². The van der Waals surface area contributed by atoms with Crippen molar-refractivity contribution in [3.8, 4) is 0 Å². The zero-order valence-electron chi connectivity index (χ0n) is 39.5. The molecule has 0 saturated heterocycles. The molecule has 0 fully saturated rings. The summed E-state index contributed by atoms with van der Waals surface area (Å²) in [5.41, 5.74) is 0. The van der Waals surface area contributed by atoms with Crippen LogP contribution >= 0.6 is 7.26 Å². The molecule has 0 aromatic heterocycles. The summed E-state index contributed by atoms with van der Waals surface area (Å²) in [5, 5.41) is 0. The summed E-state index contributed by atoms with van der Waals surface area (Å²) in [6.45, 7) is 9.77. The van der Waals surface area contributed by atoms with Gasteiger partial charge in [-0.1, -0.05) is 302 Å². The van der Waals surface area contributed by atoms with E-state index in [-0.39, 0.29) is 12.4 Å². The summed E-state index contributed by atoms with van der Waals surface area (Å²) >= 11 is 0. The molecule has 0 amide bonds. The van der Waals surface area contributed by atoms with Gasteiger partial charge in [0.1, 0.15) is 0 Å². The van der Waals surface area contributed by atoms with Crippen molar-refractivity contribution in [1.29, 1.82) is 0 Å². The molecule has 0 N–H and O–H groups in total. The lowest BCUT2D eigenvalue weighted by molar-refractivity contribution is -0.0000122. The van der Waals surface area contributed by atoms with Crippen molar-refractivity contribution in [2.24, 2.45) is 0 Å². The highest BCUT2D eigenvalue weighted by Crippen LogP contribution is 2.47. The molecule has 0 unspecified atom stereocenters. The van der Waals surface area contributed by atoms with Gasteiger partial charge in [0, 0.05) is 27.3 Å². The van der Waals surface area contributed by atoms with Gasteiger partial charge in [-0.3, -0.25) is 0 Å². The van der Waals surface area contributed by atoms with Crippen LogP contribution in [0.4, 0.5) is 0 Å². The Hall–Kier alpha value is 0.720. The fraction of sp³-hybridized carbons (Fsp3) is 1.00. The summed E-state index contributed by atoms with van der Waals surface area (Å²) in [6, 6.07) is 0. The van der Waals surface area contributed by atoms with Gasteiger partial charge in [0.15, 0.2) is 0 Å². The Labute approximate surface area is 359 Å². The second kappa shape index (κ2) is 50.9. The van der Waals surface area contributed by atoms with Crippen LogP contribution in [0.1, 0.15) is 315 Å². The molecule has 0 radical (unpaired) electrons. The van der Waals surface area contributed by atoms with Gasteiger partial charge in [0.05, 0.1) is 6.16 Å². The second-order valence-corrected chi connectivity index (χ2v) is 24.7. The van der Waals surface area contributed by atoms with Gasteiger partial charge < -0.3 is 12.4 Å². The molecule has 0 saturated carbocycles. The molecule has 55 heavy (non-hydrogen) atoms. The Morgan fingerprint density at radius 1 is 0.182 bits per heavy atom. The first-order chi connectivity index (χ1) is 26.6. The van der Waals surface area contributed by atoms with Crippen LogP contribution in [0.3, 0.4) is 0 Å². The monoisotopic (exact) mass is 813 g/mol. The first-order valence-corrected chi connectivity index (χ1v) is 29.7. The Balaban J connectivity index is 0. The Bertz CT molecular complexity index is 641. The van der Waals surface area contributed by atoms with Gasteiger partial charge in [-0.25, -0.2) is 0 Å². The normalized spacial score (nSPS) is 11.8. The maximum Gasteiger partial charge on any atom is 0.0586 e. The first-order valence-electron chi connectivity index (χ1n) is 26.4. The lowest BCUT2D eigenvalue weighted by Gasteiger charge is -2.10. The van der Waals surface area contributed by atoms with E-state index in [0.717, 1.165) is 0 Å². The standard InChI is InChI=1S/C53H110P.ClH/c1-5-6-7-8-9-10-11-12-13-14-15-16-17-18-19-20-21-22-23-24-25-26-27-28-29-30-31-32-33-34-35-36-37-38-39-40-41-42-43-44-45-46-47-48-49-50-51-52-53-54(2,3)4;/h5-53H2,1-4H3;1H/q+1;/p-1. The van der Waals surface area contributed by atoms with Crippen LogP contribution in [0.15, 0.2) is 0 Å². The summed E-state index contributed by atoms with van der Waals surface area (Å²) in [6.07, 6.45) is 73.1. The van der Waals surface area contributed by atoms with Gasteiger partial charge in [-0.05, 0) is 12.8 Å². The highest BCUT2D eigenvalue weighted by molar-refractivity contribution is 7.73. The minimum Gasteiger partial charge on any atom is -1.00 e. The van der Waals surface area contributed by atoms with E-state index >= 15 is 0 Å². The molecule has 2 heteroatoms. The van der Waals surface area contributed by atoms with E-state index in [2.05, 4.69) is 26.9 Å². The zero-order chi connectivity index (χ0) is 39.1. The number of halogens is 1. The fourth-order valence-electron chi connectivity index (χ4n) is 8.79. The predicted molar refractivity (Wildman–Crippen MR) is 257 cm³/mol. The molecule has 0 aromatic rings. The van der Waals surface area contributed by atoms with Crippen LogP contribution in [-0.2, 0) is 0 Å². The van der Waals surface area contributed by atoms with Gasteiger partial charge in [-0.2, -0.15) is 0 Å². The third-order valence-corrected chi connectivity index (χ3v) is 14.3. The zero-order valence-corrected chi connectivity index (χ0v) is 41.1. The summed E-state index contributed by atoms with van der Waals surface area (Å²) in [7, 11) is -0.525. The van der Waals surface area contributed by atoms with Crippen LogP contribution < -0.4 is 12.4 Å². The molecule has 0 atom stereocenters. The summed E-state index contributed by atoms with van der Waals surface area (Å²) in [4.78, 5) is 0. The van der Waals surface area contributed by atoms with Crippen molar-refractivity contribution >= 4 is 7.26 Å². The van der Waals surface area contributed by atoms with Crippen LogP contribution in [-0.4, -0.2) is 26.2 Å². The van der Waals surface area contributed by atoms with Crippen molar-refractivity contribution in [3.05, 3.63) is 0 Å². The summed E-state index contributed by atoms with van der Waals surface area (Å²) in [5.74, 6) is 0. The molecule has 0 rings (SSSR count). The van der Waals surface area contributed by atoms with Crippen molar-refractivity contribution in [2.75, 3.05) is 26.2 Å². The molecule has 0 bridgehead atoms. The largest absolute Gasteiger partial charge is 1.00 e. The highest BCUT2D eigenvalue weighted by Gasteiger charge is 2.15. The molecule has 0 aliphatic carbocycles. The van der Waals surface area contributed by atoms with Crippen LogP contribution in [0.25, 0.3) is 0 Å². The smallest absolute Gasteiger partial charge is 0.0586 e. The lowest BCUT2D eigenvalue weighted by atomic mass is 10.0. The quantitative estimate of drug-likeness (QED) is 0.0424. The maximum atomic E-state index is 2.49. The number of hydrogen-bond donors (Lipinski definition) is 0. The number of hydrogen-bond acceptors (Lipinski definition) is 0. The first kappa shape index (κ1) is 57.8. The molecule has 0 spiro atoms. The highest BCUT2D eigenvalue weighted by atomic mass is 35.5. The Morgan fingerprint density at radius 3 is 0.400 bits per heavy atom. The minimum absolute atomic E-state index is 0. The van der Waals surface area contributed by atoms with E-state index in [4.69, 9.17) is 0 Å². The van der Waals surface area contributed by atoms with E-state index in [1.54, 1.807) is 0 Å². The SMILES string of the molecule is CCCCCCCCCCCCCCCCCCCCCCCCCCCCCCCCCCCCCCCCCCCCCCCCCC[P+](C)(C)C.[Cl-]. The van der Waals surface area contributed by atoms with Gasteiger partial charge in [0.2, 0.25) is 0 Å². The number of rotatable bonds is 49. The van der Waals surface area contributed by atoms with Crippen LogP contribution in [0.2, 0.25) is 0 Å². The van der Waals surface area contributed by atoms with Crippen LogP contribution in [0.5, 0.6) is 0 Å². The van der Waals surface area contributed by atoms with E-state index < -0.39 is 7.26 Å². The van der Waals surface area contributed by atoms with E-state index in [1.165, 1.54) is 314 Å². The average molecular weight is 814 g/mol. The van der Waals surface area contributed by atoms with E-state index in [9.17, 15) is 0 Å². The predicted octanol–water partition coefficient (Wildman–Crippen LogP) is 17.6. The molecule has 0 heterocycles. The van der Waals surface area contributed by atoms with E-state index in [0.29, 0.717) is 0 Å². The molecule has 0 aliphatic rings. The second-order valence-electron chi connectivity index (χ2n) is 19.6. The van der Waals surface area contributed by atoms with Crippen molar-refractivity contribution in [3.63, 3.8) is 0 Å². The fourth-order valence-corrected chi connectivity index (χ4v) is 9.96. The molecular formula is C53H110ClP. The lowest BCUT2D eigenvalue weighted by Crippen LogP contribution is -3.00. The molecular weight excluding hydrogens is 703 g/mol. The third kappa shape index (κ3) is 56.9.